The van der Waals surface area contributed by atoms with Gasteiger partial charge in [-0.25, -0.2) is 0 Å². The zero-order chi connectivity index (χ0) is 54.4. The summed E-state index contributed by atoms with van der Waals surface area (Å²) in [6.07, 6.45) is 0. The third-order valence-corrected chi connectivity index (χ3v) is 18.0. The van der Waals surface area contributed by atoms with Gasteiger partial charge in [0.25, 0.3) is 0 Å². The van der Waals surface area contributed by atoms with Crippen LogP contribution in [0, 0.1) is 0 Å². The largest absolute Gasteiger partial charge is 0.352 e. The molecule has 82 heavy (non-hydrogen) atoms. The maximum absolute atomic E-state index is 7.64. The second kappa shape index (κ2) is 18.9. The van der Waals surface area contributed by atoms with Crippen LogP contribution >= 0.6 is 0 Å². The molecule has 3 heteroatoms. The third kappa shape index (κ3) is 6.81. The highest BCUT2D eigenvalue weighted by molar-refractivity contribution is 6.13. The van der Waals surface area contributed by atoms with Gasteiger partial charge < -0.3 is 16.0 Å². The third-order valence-electron chi connectivity index (χ3n) is 18.0. The van der Waals surface area contributed by atoms with Crippen molar-refractivity contribution in [1.29, 1.82) is 0 Å². The van der Waals surface area contributed by atoms with Gasteiger partial charge in [0, 0.05) is 33.5 Å². The molecule has 16 rings (SSSR count). The number of nitrogens with zero attached hydrogens (tertiary/aromatic N) is 1. The lowest BCUT2D eigenvalue weighted by Gasteiger charge is -2.39. The first-order chi connectivity index (χ1) is 40.7. The van der Waals surface area contributed by atoms with Gasteiger partial charge in [0.15, 0.2) is 0 Å². The van der Waals surface area contributed by atoms with E-state index in [0.717, 1.165) is 61.9 Å². The van der Waals surface area contributed by atoms with Crippen LogP contribution in [0.3, 0.4) is 0 Å². The van der Waals surface area contributed by atoms with E-state index < -0.39 is 16.9 Å². The van der Waals surface area contributed by atoms with Crippen LogP contribution in [0.1, 0.15) is 78.4 Å². The van der Waals surface area contributed by atoms with Crippen LogP contribution in [0.5, 0.6) is 0 Å². The van der Waals surface area contributed by atoms with Gasteiger partial charge in [0.2, 0.25) is 0 Å². The van der Waals surface area contributed by atoms with Crippen LogP contribution < -0.4 is 16.0 Å². The number of hydrogen-bond donors (Lipinski definition) is 2. The molecule has 1 atom stereocenters. The zero-order valence-electron chi connectivity index (χ0n) is 45.0. The molecule has 12 aromatic carbocycles. The Morgan fingerprint density at radius 3 is 1.38 bits per heavy atom. The molecule has 4 aliphatic rings. The van der Waals surface area contributed by atoms with Crippen molar-refractivity contribution in [2.24, 2.45) is 5.73 Å². The Morgan fingerprint density at radius 1 is 0.354 bits per heavy atom. The molecule has 0 saturated carbocycles. The van der Waals surface area contributed by atoms with Crippen LogP contribution in [-0.2, 0) is 10.8 Å². The maximum Gasteiger partial charge on any atom is 0.0782 e. The fraction of sp³-hybridized carbons (Fsp3) is 0.0380. The van der Waals surface area contributed by atoms with Gasteiger partial charge >= 0.3 is 0 Å². The number of rotatable bonds is 9. The minimum Gasteiger partial charge on any atom is -0.352 e. The second-order valence-corrected chi connectivity index (χ2v) is 22.0. The molecule has 1 heterocycles. The van der Waals surface area contributed by atoms with E-state index in [9.17, 15) is 0 Å². The van der Waals surface area contributed by atoms with Gasteiger partial charge in [-0.1, -0.05) is 291 Å². The summed E-state index contributed by atoms with van der Waals surface area (Å²) >= 11 is 0. The first-order valence-electron chi connectivity index (χ1n) is 28.5. The molecular formula is C79H55N3. The molecule has 386 valence electrons. The summed E-state index contributed by atoms with van der Waals surface area (Å²) in [7, 11) is 0. The van der Waals surface area contributed by atoms with Crippen LogP contribution in [0.15, 0.2) is 309 Å². The Balaban J connectivity index is 1.05. The van der Waals surface area contributed by atoms with Crippen molar-refractivity contribution in [2.45, 2.75) is 16.9 Å². The molecular weight excluding hydrogens is 991 g/mol. The molecule has 0 bridgehead atoms. The molecule has 1 aliphatic heterocycles. The summed E-state index contributed by atoms with van der Waals surface area (Å²) in [6, 6.07) is 114. The maximum atomic E-state index is 7.64. The van der Waals surface area contributed by atoms with Crippen LogP contribution in [-0.4, -0.2) is 0 Å². The molecule has 1 spiro atoms. The van der Waals surface area contributed by atoms with Gasteiger partial charge in [-0.15, -0.1) is 0 Å². The van der Waals surface area contributed by atoms with Gasteiger partial charge in [0.1, 0.15) is 0 Å². The average molecular weight is 1050 g/mol. The lowest BCUT2D eigenvalue weighted by molar-refractivity contribution is 0.768. The molecule has 3 N–H and O–H groups in total. The average Bonchev–Trinajstić information content (AvgIpc) is 2.95. The van der Waals surface area contributed by atoms with Crippen molar-refractivity contribution in [3.63, 3.8) is 0 Å². The Hall–Kier alpha value is -10.3. The predicted molar refractivity (Wildman–Crippen MR) is 338 cm³/mol. The van der Waals surface area contributed by atoms with Crippen molar-refractivity contribution in [3.05, 3.63) is 382 Å². The van der Waals surface area contributed by atoms with Crippen molar-refractivity contribution in [1.82, 2.24) is 5.32 Å². The number of nitrogens with one attached hydrogen (secondary N) is 1. The summed E-state index contributed by atoms with van der Waals surface area (Å²) in [6.45, 7) is 0. The number of fused-ring (bicyclic) bond motifs is 14. The van der Waals surface area contributed by atoms with Crippen molar-refractivity contribution >= 4 is 34.0 Å². The quantitative estimate of drug-likeness (QED) is 0.151. The lowest BCUT2D eigenvalue weighted by atomic mass is 9.67. The minimum absolute atomic E-state index is 0.460. The van der Waals surface area contributed by atoms with Gasteiger partial charge in [-0.05, 0) is 102 Å². The SMILES string of the molecule is NC(/C(=C1\NC(c2ccccc2)=C(N(c2ccc3c(c2)C(c2ccccc2)(c2ccccc2)c2ccccc2-3)c2cccc3c2-c2ccccc2C32c3ccccc3-c3ccccc32)c2ccccc21)c1ccccc1)c1ccccc1. The highest BCUT2D eigenvalue weighted by Crippen LogP contribution is 2.66. The highest BCUT2D eigenvalue weighted by Gasteiger charge is 2.53. The first kappa shape index (κ1) is 47.7. The van der Waals surface area contributed by atoms with E-state index in [0.29, 0.717) is 0 Å². The summed E-state index contributed by atoms with van der Waals surface area (Å²) in [5.41, 5.74) is 35.4. The Labute approximate surface area is 479 Å². The molecule has 0 saturated heterocycles. The smallest absolute Gasteiger partial charge is 0.0782 e. The van der Waals surface area contributed by atoms with Crippen LogP contribution in [0.2, 0.25) is 0 Å². The highest BCUT2D eigenvalue weighted by atomic mass is 15.2. The monoisotopic (exact) mass is 1050 g/mol. The Morgan fingerprint density at radius 2 is 0.793 bits per heavy atom. The molecule has 3 nitrogen and oxygen atoms in total. The summed E-state index contributed by atoms with van der Waals surface area (Å²) in [5, 5.41) is 4.28. The molecule has 0 fully saturated rings. The van der Waals surface area contributed by atoms with E-state index in [1.165, 1.54) is 77.9 Å². The first-order valence-corrected chi connectivity index (χ1v) is 28.5. The minimum atomic E-state index is -0.643. The van der Waals surface area contributed by atoms with E-state index in [1.54, 1.807) is 0 Å². The fourth-order valence-electron chi connectivity index (χ4n) is 14.7. The molecule has 0 amide bonds. The van der Waals surface area contributed by atoms with Crippen molar-refractivity contribution < 1.29 is 0 Å². The molecule has 1 unspecified atom stereocenters. The topological polar surface area (TPSA) is 41.3 Å². The molecule has 3 aliphatic carbocycles. The zero-order valence-corrected chi connectivity index (χ0v) is 45.0. The lowest BCUT2D eigenvalue weighted by Crippen LogP contribution is -2.30. The fourth-order valence-corrected chi connectivity index (χ4v) is 14.7. The number of benzene rings is 12. The van der Waals surface area contributed by atoms with E-state index in [4.69, 9.17) is 5.73 Å². The van der Waals surface area contributed by atoms with Gasteiger partial charge in [0.05, 0.1) is 39.7 Å². The number of hydrogen-bond acceptors (Lipinski definition) is 3. The normalized spacial score (nSPS) is 15.2. The number of nitrogens with two attached hydrogens (primary N) is 1. The van der Waals surface area contributed by atoms with E-state index >= 15 is 0 Å². The molecule has 0 radical (unpaired) electrons. The van der Waals surface area contributed by atoms with E-state index in [2.05, 4.69) is 320 Å². The van der Waals surface area contributed by atoms with Crippen molar-refractivity contribution in [2.75, 3.05) is 4.90 Å². The van der Waals surface area contributed by atoms with E-state index in [-0.39, 0.29) is 0 Å². The van der Waals surface area contributed by atoms with Gasteiger partial charge in [-0.3, -0.25) is 0 Å². The van der Waals surface area contributed by atoms with Crippen LogP contribution in [0.4, 0.5) is 11.4 Å². The molecule has 12 aromatic rings. The Kier molecular flexibility index (Phi) is 11.0. The second-order valence-electron chi connectivity index (χ2n) is 22.0. The summed E-state index contributed by atoms with van der Waals surface area (Å²) < 4.78 is 0. The van der Waals surface area contributed by atoms with Crippen molar-refractivity contribution in [3.8, 4) is 33.4 Å². The van der Waals surface area contributed by atoms with Gasteiger partial charge in [-0.2, -0.15) is 0 Å². The predicted octanol–water partition coefficient (Wildman–Crippen LogP) is 18.2. The number of anilines is 2. The Bertz CT molecular complexity index is 4460. The van der Waals surface area contributed by atoms with Crippen LogP contribution in [0.25, 0.3) is 56.0 Å². The van der Waals surface area contributed by atoms with E-state index in [1.807, 2.05) is 0 Å². The standard InChI is InChI=1S/C79H55N3/c80-74(53-29-8-2-9-30-53)72(52-27-6-1-7-28-52)76-62-40-16-17-41-63(62)77(75(81-76)54-31-10-3-11-32-54)82(57-49-50-61-60-39-18-22-43-65(60)78(70(61)51-57,55-33-12-4-13-34-55)56-35-14-5-15-36-56)71-48-26-47-69-73(71)64-42-21-25-46-68(64)79(69)66-44-23-19-37-58(66)59-38-20-24-45-67(59)79/h1-51,74,81H,80H2/b76-72-. The summed E-state index contributed by atoms with van der Waals surface area (Å²) in [4.78, 5) is 2.61. The molecule has 0 aromatic heterocycles. The summed E-state index contributed by atoms with van der Waals surface area (Å²) in [5.74, 6) is 0.